The fourth-order valence-corrected chi connectivity index (χ4v) is 3.91. The largest absolute Gasteiger partial charge is 0.396 e. The molecule has 0 spiro atoms. The maximum Gasteiger partial charge on any atom is 0.280 e. The highest BCUT2D eigenvalue weighted by molar-refractivity contribution is 6.06. The summed E-state index contributed by atoms with van der Waals surface area (Å²) >= 11 is 0. The molecule has 9 nitrogen and oxygen atoms in total. The quantitative estimate of drug-likeness (QED) is 0.166. The molecule has 0 bridgehead atoms. The van der Waals surface area contributed by atoms with Crippen LogP contribution >= 0.6 is 0 Å². The van der Waals surface area contributed by atoms with Crippen LogP contribution in [0, 0.1) is 13.8 Å². The van der Waals surface area contributed by atoms with Gasteiger partial charge in [-0.05, 0) is 73.8 Å². The SMILES string of the molecule is Cc1cc(CCCO)ccc1-c1ccc(CCCCN=C(N)NC(=O)c2nc(C)c(N)nc2N)cc1. The highest BCUT2D eigenvalue weighted by Crippen LogP contribution is 2.25. The Hall–Kier alpha value is -3.98. The molecule has 3 aromatic rings. The van der Waals surface area contributed by atoms with Crippen molar-refractivity contribution in [3.63, 3.8) is 0 Å². The number of nitrogens with one attached hydrogen (secondary N) is 1. The first kappa shape index (κ1) is 26.6. The second-order valence-corrected chi connectivity index (χ2v) is 8.78. The molecule has 8 N–H and O–H groups in total. The molecule has 3 rings (SSSR count). The molecule has 36 heavy (non-hydrogen) atoms. The monoisotopic (exact) mass is 489 g/mol. The van der Waals surface area contributed by atoms with E-state index in [1.165, 1.54) is 27.8 Å². The van der Waals surface area contributed by atoms with Gasteiger partial charge in [-0.25, -0.2) is 9.97 Å². The van der Waals surface area contributed by atoms with Gasteiger partial charge in [-0.1, -0.05) is 42.5 Å². The molecule has 1 amide bonds. The van der Waals surface area contributed by atoms with E-state index in [2.05, 4.69) is 69.7 Å². The van der Waals surface area contributed by atoms with Crippen LogP contribution in [0.2, 0.25) is 0 Å². The van der Waals surface area contributed by atoms with Gasteiger partial charge < -0.3 is 22.3 Å². The maximum atomic E-state index is 12.3. The molecule has 0 unspecified atom stereocenters. The topological polar surface area (TPSA) is 166 Å². The van der Waals surface area contributed by atoms with Crippen LogP contribution in [0.25, 0.3) is 11.1 Å². The Morgan fingerprint density at radius 1 is 0.944 bits per heavy atom. The Balaban J connectivity index is 1.45. The Morgan fingerprint density at radius 3 is 2.33 bits per heavy atom. The third kappa shape index (κ3) is 7.26. The van der Waals surface area contributed by atoms with Gasteiger partial charge in [-0.3, -0.25) is 15.1 Å². The molecule has 0 fully saturated rings. The van der Waals surface area contributed by atoms with Crippen LogP contribution in [0.5, 0.6) is 0 Å². The van der Waals surface area contributed by atoms with Crippen molar-refractivity contribution in [2.75, 3.05) is 24.6 Å². The number of aliphatic hydroxyl groups is 1. The van der Waals surface area contributed by atoms with Gasteiger partial charge in [0.2, 0.25) is 0 Å². The van der Waals surface area contributed by atoms with Crippen LogP contribution in [0.1, 0.15) is 52.1 Å². The average Bonchev–Trinajstić information content (AvgIpc) is 2.85. The van der Waals surface area contributed by atoms with Crippen molar-refractivity contribution in [3.8, 4) is 11.1 Å². The van der Waals surface area contributed by atoms with Crippen LogP contribution in [-0.2, 0) is 12.8 Å². The predicted octanol–water partition coefficient (Wildman–Crippen LogP) is 2.92. The minimum atomic E-state index is -0.570. The lowest BCUT2D eigenvalue weighted by molar-refractivity contribution is 0.0972. The molecule has 0 radical (unpaired) electrons. The number of hydrogen-bond donors (Lipinski definition) is 5. The van der Waals surface area contributed by atoms with Gasteiger partial charge in [0, 0.05) is 13.2 Å². The number of anilines is 2. The van der Waals surface area contributed by atoms with E-state index in [4.69, 9.17) is 22.3 Å². The lowest BCUT2D eigenvalue weighted by atomic mass is 9.96. The minimum Gasteiger partial charge on any atom is -0.396 e. The van der Waals surface area contributed by atoms with E-state index < -0.39 is 5.91 Å². The van der Waals surface area contributed by atoms with Gasteiger partial charge >= 0.3 is 0 Å². The zero-order valence-corrected chi connectivity index (χ0v) is 20.9. The molecule has 0 aliphatic carbocycles. The summed E-state index contributed by atoms with van der Waals surface area (Å²) in [6.07, 6.45) is 4.38. The number of hydrogen-bond acceptors (Lipinski definition) is 7. The molecule has 1 heterocycles. The number of nitrogens with zero attached hydrogens (tertiary/aromatic N) is 3. The number of carbonyl (C=O) groups is 1. The van der Waals surface area contributed by atoms with Crippen molar-refractivity contribution >= 4 is 23.5 Å². The second kappa shape index (κ2) is 12.6. The molecule has 9 heteroatoms. The molecule has 190 valence electrons. The number of amides is 1. The lowest BCUT2D eigenvalue weighted by Gasteiger charge is -2.10. The zero-order valence-electron chi connectivity index (χ0n) is 20.9. The molecule has 1 aromatic heterocycles. The Labute approximate surface area is 211 Å². The van der Waals surface area contributed by atoms with Gasteiger partial charge in [-0.2, -0.15) is 0 Å². The van der Waals surface area contributed by atoms with E-state index in [0.717, 1.165) is 32.1 Å². The van der Waals surface area contributed by atoms with Gasteiger partial charge in [0.25, 0.3) is 5.91 Å². The average molecular weight is 490 g/mol. The van der Waals surface area contributed by atoms with Gasteiger partial charge in [0.1, 0.15) is 5.82 Å². The number of guanidine groups is 1. The molecule has 0 aliphatic heterocycles. The van der Waals surface area contributed by atoms with E-state index in [0.29, 0.717) is 12.2 Å². The third-order valence-corrected chi connectivity index (χ3v) is 5.93. The number of aliphatic imine (C=N–C) groups is 1. The van der Waals surface area contributed by atoms with Crippen molar-refractivity contribution in [2.45, 2.75) is 46.0 Å². The third-order valence-electron chi connectivity index (χ3n) is 5.93. The summed E-state index contributed by atoms with van der Waals surface area (Å²) in [6, 6.07) is 15.1. The first-order valence-electron chi connectivity index (χ1n) is 12.1. The van der Waals surface area contributed by atoms with Gasteiger partial charge in [-0.15, -0.1) is 0 Å². The summed E-state index contributed by atoms with van der Waals surface area (Å²) in [6.45, 7) is 4.48. The number of carbonyl (C=O) groups excluding carboxylic acids is 1. The summed E-state index contributed by atoms with van der Waals surface area (Å²) in [5, 5.41) is 11.5. The number of nitrogens with two attached hydrogens (primary N) is 3. The Morgan fingerprint density at radius 2 is 1.64 bits per heavy atom. The minimum absolute atomic E-state index is 0.0118. The number of aryl methyl sites for hydroxylation is 4. The number of rotatable bonds is 10. The van der Waals surface area contributed by atoms with Crippen molar-refractivity contribution in [3.05, 3.63) is 70.5 Å². The Kier molecular flexibility index (Phi) is 9.35. The maximum absolute atomic E-state index is 12.3. The van der Waals surface area contributed by atoms with Crippen molar-refractivity contribution in [2.24, 2.45) is 10.7 Å². The summed E-state index contributed by atoms with van der Waals surface area (Å²) in [5.41, 5.74) is 23.8. The van der Waals surface area contributed by atoms with Crippen LogP contribution in [-0.4, -0.2) is 40.1 Å². The molecular formula is C27H35N7O2. The van der Waals surface area contributed by atoms with Crippen molar-refractivity contribution in [1.82, 2.24) is 15.3 Å². The summed E-state index contributed by atoms with van der Waals surface area (Å²) in [4.78, 5) is 24.5. The summed E-state index contributed by atoms with van der Waals surface area (Å²) in [5.74, 6) is -0.434. The smallest absolute Gasteiger partial charge is 0.280 e. The van der Waals surface area contributed by atoms with Crippen LogP contribution in [0.15, 0.2) is 47.5 Å². The normalized spacial score (nSPS) is 11.5. The van der Waals surface area contributed by atoms with Crippen molar-refractivity contribution < 1.29 is 9.90 Å². The highest BCUT2D eigenvalue weighted by atomic mass is 16.2. The fourth-order valence-electron chi connectivity index (χ4n) is 3.91. The summed E-state index contributed by atoms with van der Waals surface area (Å²) in [7, 11) is 0. The predicted molar refractivity (Wildman–Crippen MR) is 145 cm³/mol. The van der Waals surface area contributed by atoms with Crippen LogP contribution < -0.4 is 22.5 Å². The van der Waals surface area contributed by atoms with Crippen LogP contribution in [0.4, 0.5) is 11.6 Å². The van der Waals surface area contributed by atoms with E-state index in [9.17, 15) is 4.79 Å². The van der Waals surface area contributed by atoms with Crippen molar-refractivity contribution in [1.29, 1.82) is 0 Å². The van der Waals surface area contributed by atoms with E-state index in [1.54, 1.807) is 6.92 Å². The molecule has 0 aliphatic rings. The van der Waals surface area contributed by atoms with E-state index >= 15 is 0 Å². The second-order valence-electron chi connectivity index (χ2n) is 8.78. The molecule has 0 saturated carbocycles. The molecule has 0 atom stereocenters. The number of unbranched alkanes of at least 4 members (excludes halogenated alkanes) is 1. The molecule has 2 aromatic carbocycles. The molecular weight excluding hydrogens is 454 g/mol. The zero-order chi connectivity index (χ0) is 26.1. The van der Waals surface area contributed by atoms with Crippen LogP contribution in [0.3, 0.4) is 0 Å². The highest BCUT2D eigenvalue weighted by Gasteiger charge is 2.15. The number of aromatic nitrogens is 2. The number of benzene rings is 2. The first-order chi connectivity index (χ1) is 17.3. The first-order valence-corrected chi connectivity index (χ1v) is 12.1. The summed E-state index contributed by atoms with van der Waals surface area (Å²) < 4.78 is 0. The number of aliphatic hydroxyl groups excluding tert-OH is 1. The van der Waals surface area contributed by atoms with E-state index in [-0.39, 0.29) is 29.9 Å². The van der Waals surface area contributed by atoms with E-state index in [1.807, 2.05) is 0 Å². The lowest BCUT2D eigenvalue weighted by Crippen LogP contribution is -2.38. The molecule has 0 saturated heterocycles. The number of nitrogen functional groups attached to an aromatic ring is 2. The fraction of sp³-hybridized carbons (Fsp3) is 0.333. The van der Waals surface area contributed by atoms with Gasteiger partial charge in [0.15, 0.2) is 17.5 Å². The van der Waals surface area contributed by atoms with Gasteiger partial charge in [0.05, 0.1) is 5.69 Å². The Bertz CT molecular complexity index is 1220. The standard InChI is InChI=1S/C27H35N7O2/c1-17-16-20(7-5-15-35)10-13-22(17)21-11-8-19(9-12-21)6-3-4-14-31-27(30)34-26(36)23-25(29)33-24(28)18(2)32-23/h8-13,16,35H,3-7,14-15H2,1-2H3,(H4,28,29,33)(H3,30,31,34,36).